The second-order valence-corrected chi connectivity index (χ2v) is 14.2. The highest BCUT2D eigenvalue weighted by molar-refractivity contribution is 7.98. The Labute approximate surface area is 220 Å². The molecule has 5 aliphatic rings. The Balaban J connectivity index is 1.77. The first-order valence-electron chi connectivity index (χ1n) is 13.4. The van der Waals surface area contributed by atoms with E-state index in [4.69, 9.17) is 5.73 Å². The van der Waals surface area contributed by atoms with E-state index < -0.39 is 17.4 Å². The topological polar surface area (TPSA) is 80.4 Å². The number of hydrogen-bond acceptors (Lipinski definition) is 4. The molecule has 5 heteroatoms. The van der Waals surface area contributed by atoms with Crippen molar-refractivity contribution in [1.29, 1.82) is 0 Å². The van der Waals surface area contributed by atoms with Crippen LogP contribution in [0.25, 0.3) is 11.6 Å². The van der Waals surface area contributed by atoms with Gasteiger partial charge in [0.15, 0.2) is 11.8 Å². The number of carbonyl (C=O) groups is 2. The second kappa shape index (κ2) is 8.59. The van der Waals surface area contributed by atoms with Gasteiger partial charge in [0, 0.05) is 5.92 Å². The third kappa shape index (κ3) is 3.67. The van der Waals surface area contributed by atoms with Gasteiger partial charge < -0.3 is 15.6 Å². The molecule has 0 amide bonds. The van der Waals surface area contributed by atoms with Gasteiger partial charge in [-0.1, -0.05) is 45.6 Å². The molecule has 0 heterocycles. The Morgan fingerprint density at radius 3 is 2.42 bits per heavy atom. The molecule has 0 saturated heterocycles. The summed E-state index contributed by atoms with van der Waals surface area (Å²) in [5.74, 6) is 0.802. The predicted octanol–water partition coefficient (Wildman–Crippen LogP) is 6.28. The van der Waals surface area contributed by atoms with Gasteiger partial charge >= 0.3 is 5.97 Å². The second-order valence-electron chi connectivity index (χ2n) is 13.3. The average molecular weight is 508 g/mol. The lowest BCUT2D eigenvalue weighted by atomic mass is 9.39. The number of thioether (sulfide) groups is 1. The Bertz CT molecular complexity index is 1150. The number of benzene rings is 1. The number of hydrogen-bond donors (Lipinski definition) is 2. The third-order valence-electron chi connectivity index (χ3n) is 10.1. The molecule has 4 nitrogen and oxygen atoms in total. The first kappa shape index (κ1) is 25.8. The van der Waals surface area contributed by atoms with Gasteiger partial charge in [0.1, 0.15) is 0 Å². The van der Waals surface area contributed by atoms with E-state index in [1.165, 1.54) is 47.1 Å². The Hall–Kier alpha value is -1.85. The van der Waals surface area contributed by atoms with Gasteiger partial charge in [-0.15, -0.1) is 0 Å². The zero-order chi connectivity index (χ0) is 26.2. The molecule has 0 radical (unpaired) electrons. The highest BCUT2D eigenvalue weighted by atomic mass is 32.2. The molecule has 3 N–H and O–H groups in total. The van der Waals surface area contributed by atoms with Crippen molar-refractivity contribution in [2.24, 2.45) is 34.8 Å². The van der Waals surface area contributed by atoms with Gasteiger partial charge in [-0.3, -0.25) is 0 Å². The van der Waals surface area contributed by atoms with E-state index in [2.05, 4.69) is 52.5 Å². The molecule has 194 valence electrons. The SMILES string of the molecule is C=C1C(C)=Cc2cc(C(C)(C)C)cc(C3C4CC5CC(C4)CC3(C(CSC)C(N)(C=O)C(=O)O)C5)c21. The number of carbonyl (C=O) groups excluding carboxylic acids is 1. The van der Waals surface area contributed by atoms with E-state index >= 15 is 0 Å². The summed E-state index contributed by atoms with van der Waals surface area (Å²) in [7, 11) is 0. The minimum absolute atomic E-state index is 0.0192. The number of carboxylic acids is 1. The fourth-order valence-electron chi connectivity index (χ4n) is 8.74. The van der Waals surface area contributed by atoms with Crippen molar-refractivity contribution in [3.8, 4) is 0 Å². The van der Waals surface area contributed by atoms with Crippen molar-refractivity contribution in [3.05, 3.63) is 46.5 Å². The molecule has 0 aliphatic heterocycles. The monoisotopic (exact) mass is 507 g/mol. The zero-order valence-corrected chi connectivity index (χ0v) is 23.2. The molecule has 36 heavy (non-hydrogen) atoms. The highest BCUT2D eigenvalue weighted by Crippen LogP contribution is 2.70. The van der Waals surface area contributed by atoms with Crippen molar-refractivity contribution in [1.82, 2.24) is 0 Å². The first-order chi connectivity index (χ1) is 16.9. The van der Waals surface area contributed by atoms with Crippen LogP contribution in [0.5, 0.6) is 0 Å². The molecule has 4 fully saturated rings. The number of aliphatic carboxylic acids is 1. The maximum atomic E-state index is 12.6. The summed E-state index contributed by atoms with van der Waals surface area (Å²) in [6, 6.07) is 4.72. The van der Waals surface area contributed by atoms with Gasteiger partial charge in [-0.05, 0) is 119 Å². The highest BCUT2D eigenvalue weighted by Gasteiger charge is 2.65. The summed E-state index contributed by atoms with van der Waals surface area (Å²) < 4.78 is 0. The summed E-state index contributed by atoms with van der Waals surface area (Å²) in [5, 5.41) is 10.3. The minimum atomic E-state index is -1.89. The lowest BCUT2D eigenvalue weighted by Gasteiger charge is -2.65. The van der Waals surface area contributed by atoms with Gasteiger partial charge in [0.25, 0.3) is 0 Å². The minimum Gasteiger partial charge on any atom is -0.480 e. The Morgan fingerprint density at radius 1 is 1.25 bits per heavy atom. The number of nitrogens with two attached hydrogens (primary N) is 1. The molecule has 4 bridgehead atoms. The fraction of sp³-hybridized carbons (Fsp3) is 0.613. The summed E-state index contributed by atoms with van der Waals surface area (Å²) in [5.41, 5.74) is 11.7. The van der Waals surface area contributed by atoms with Crippen LogP contribution in [0, 0.1) is 29.1 Å². The van der Waals surface area contributed by atoms with Crippen LogP contribution in [-0.4, -0.2) is 34.9 Å². The summed E-state index contributed by atoms with van der Waals surface area (Å²) in [6.07, 6.45) is 10.3. The quantitative estimate of drug-likeness (QED) is 0.335. The lowest BCUT2D eigenvalue weighted by molar-refractivity contribution is -0.160. The normalized spacial score (nSPS) is 33.2. The lowest BCUT2D eigenvalue weighted by Crippen LogP contribution is -2.66. The molecule has 5 unspecified atom stereocenters. The third-order valence-corrected chi connectivity index (χ3v) is 10.8. The van der Waals surface area contributed by atoms with Crippen LogP contribution < -0.4 is 5.73 Å². The molecule has 4 saturated carbocycles. The van der Waals surface area contributed by atoms with Crippen molar-refractivity contribution < 1.29 is 14.7 Å². The van der Waals surface area contributed by atoms with Crippen molar-refractivity contribution >= 4 is 35.7 Å². The number of fused-ring (bicyclic) bond motifs is 1. The molecule has 0 aromatic heterocycles. The van der Waals surface area contributed by atoms with E-state index in [0.29, 0.717) is 29.8 Å². The summed E-state index contributed by atoms with van der Waals surface area (Å²) in [4.78, 5) is 25.0. The molecule has 5 aliphatic carbocycles. The van der Waals surface area contributed by atoms with Crippen LogP contribution in [0.4, 0.5) is 0 Å². The van der Waals surface area contributed by atoms with Crippen molar-refractivity contribution in [3.63, 3.8) is 0 Å². The summed E-state index contributed by atoms with van der Waals surface area (Å²) >= 11 is 1.62. The zero-order valence-electron chi connectivity index (χ0n) is 22.4. The van der Waals surface area contributed by atoms with E-state index in [1.807, 2.05) is 6.26 Å². The molecule has 1 aromatic rings. The largest absolute Gasteiger partial charge is 0.480 e. The molecule has 6 rings (SSSR count). The van der Waals surface area contributed by atoms with Crippen molar-refractivity contribution in [2.75, 3.05) is 12.0 Å². The Morgan fingerprint density at radius 2 is 1.89 bits per heavy atom. The number of allylic oxidation sites excluding steroid dienone is 2. The standard InChI is InChI=1S/C31H41NO3S/c1-17-7-21-11-23(29(3,4)5)12-24(26(21)18(17)2)27-22-9-19-8-20(10-22)14-30(27,13-19)25(15-36-6)31(32,16-33)28(34)35/h7,11-12,16,19-20,22,25,27H,2,8-10,13-15,32H2,1,3-6H3,(H,34,35). The average Bonchev–Trinajstić information content (AvgIpc) is 3.08. The molecule has 1 aromatic carbocycles. The van der Waals surface area contributed by atoms with Gasteiger partial charge in [0.05, 0.1) is 0 Å². The van der Waals surface area contributed by atoms with Crippen LogP contribution in [0.1, 0.15) is 88.0 Å². The smallest absolute Gasteiger partial charge is 0.331 e. The van der Waals surface area contributed by atoms with E-state index in [0.717, 1.165) is 18.4 Å². The van der Waals surface area contributed by atoms with Crippen LogP contribution in [-0.2, 0) is 15.0 Å². The predicted molar refractivity (Wildman–Crippen MR) is 149 cm³/mol. The maximum Gasteiger partial charge on any atom is 0.331 e. The Kier molecular flexibility index (Phi) is 6.15. The van der Waals surface area contributed by atoms with Crippen LogP contribution in [0.2, 0.25) is 0 Å². The molecular weight excluding hydrogens is 466 g/mol. The van der Waals surface area contributed by atoms with Crippen LogP contribution in [0.3, 0.4) is 0 Å². The van der Waals surface area contributed by atoms with Gasteiger partial charge in [-0.25, -0.2) is 4.79 Å². The molecule has 0 spiro atoms. The number of rotatable bonds is 7. The fourth-order valence-corrected chi connectivity index (χ4v) is 9.68. The number of aldehydes is 1. The van der Waals surface area contributed by atoms with Gasteiger partial charge in [0.2, 0.25) is 0 Å². The van der Waals surface area contributed by atoms with E-state index in [-0.39, 0.29) is 16.7 Å². The van der Waals surface area contributed by atoms with Gasteiger partial charge in [-0.2, -0.15) is 11.8 Å². The molecular formula is C31H41NO3S. The van der Waals surface area contributed by atoms with Crippen LogP contribution in [0.15, 0.2) is 24.3 Å². The molecule has 5 atom stereocenters. The van der Waals surface area contributed by atoms with E-state index in [9.17, 15) is 14.7 Å². The first-order valence-corrected chi connectivity index (χ1v) is 14.8. The maximum absolute atomic E-state index is 12.6. The summed E-state index contributed by atoms with van der Waals surface area (Å²) in [6.45, 7) is 13.4. The van der Waals surface area contributed by atoms with Crippen LogP contribution >= 0.6 is 11.8 Å². The van der Waals surface area contributed by atoms with Crippen molar-refractivity contribution in [2.45, 2.75) is 76.7 Å². The number of carboxylic acid groups (broad SMARTS) is 1. The van der Waals surface area contributed by atoms with E-state index in [1.54, 1.807) is 11.8 Å².